The lowest BCUT2D eigenvalue weighted by molar-refractivity contribution is 0.0950. The van der Waals surface area contributed by atoms with Gasteiger partial charge in [0, 0.05) is 24.1 Å². The van der Waals surface area contributed by atoms with E-state index in [9.17, 15) is 13.2 Å². The van der Waals surface area contributed by atoms with Crippen molar-refractivity contribution in [2.75, 3.05) is 18.5 Å². The highest BCUT2D eigenvalue weighted by molar-refractivity contribution is 7.92. The maximum absolute atomic E-state index is 12.0. The standard InChI is InChI=1S/C13H20N2O3S/c1-9-7-10(14)5-6-11(9)12(16)15-8-13(2,3)19(4,17)18/h5-7H,8,14H2,1-4H3,(H,15,16). The summed E-state index contributed by atoms with van der Waals surface area (Å²) in [4.78, 5) is 12.0. The van der Waals surface area contributed by atoms with Crippen LogP contribution in [-0.2, 0) is 9.84 Å². The molecule has 0 unspecified atom stereocenters. The van der Waals surface area contributed by atoms with Gasteiger partial charge in [0.25, 0.3) is 5.91 Å². The fourth-order valence-corrected chi connectivity index (χ4v) is 1.80. The first-order valence-electron chi connectivity index (χ1n) is 5.88. The Labute approximate surface area is 114 Å². The number of sulfone groups is 1. The van der Waals surface area contributed by atoms with Crippen molar-refractivity contribution < 1.29 is 13.2 Å². The van der Waals surface area contributed by atoms with Gasteiger partial charge in [-0.3, -0.25) is 4.79 Å². The van der Waals surface area contributed by atoms with Crippen LogP contribution in [0.1, 0.15) is 29.8 Å². The van der Waals surface area contributed by atoms with Crippen molar-refractivity contribution in [2.24, 2.45) is 0 Å². The van der Waals surface area contributed by atoms with Gasteiger partial charge in [0.1, 0.15) is 0 Å². The number of benzene rings is 1. The molecule has 0 aliphatic rings. The average Bonchev–Trinajstić information content (AvgIpc) is 2.24. The molecule has 0 saturated carbocycles. The number of nitrogens with two attached hydrogens (primary N) is 1. The quantitative estimate of drug-likeness (QED) is 0.811. The number of anilines is 1. The highest BCUT2D eigenvalue weighted by Gasteiger charge is 2.30. The zero-order chi connectivity index (χ0) is 14.8. The van der Waals surface area contributed by atoms with Crippen LogP contribution in [0.5, 0.6) is 0 Å². The third-order valence-electron chi connectivity index (χ3n) is 3.17. The number of carbonyl (C=O) groups is 1. The van der Waals surface area contributed by atoms with E-state index in [4.69, 9.17) is 5.73 Å². The lowest BCUT2D eigenvalue weighted by atomic mass is 10.1. The number of carbonyl (C=O) groups excluding carboxylic acids is 1. The summed E-state index contributed by atoms with van der Waals surface area (Å²) in [6.07, 6.45) is 1.16. The highest BCUT2D eigenvalue weighted by Crippen LogP contribution is 2.15. The molecule has 0 bridgehead atoms. The smallest absolute Gasteiger partial charge is 0.251 e. The van der Waals surface area contributed by atoms with Crippen LogP contribution in [-0.4, -0.2) is 31.9 Å². The SMILES string of the molecule is Cc1cc(N)ccc1C(=O)NCC(C)(C)S(C)(=O)=O. The fraction of sp³-hybridized carbons (Fsp3) is 0.462. The van der Waals surface area contributed by atoms with Crippen LogP contribution in [0.15, 0.2) is 18.2 Å². The maximum Gasteiger partial charge on any atom is 0.251 e. The largest absolute Gasteiger partial charge is 0.399 e. The van der Waals surface area contributed by atoms with Gasteiger partial charge < -0.3 is 11.1 Å². The third kappa shape index (κ3) is 3.70. The zero-order valence-electron chi connectivity index (χ0n) is 11.6. The normalized spacial score (nSPS) is 12.2. The minimum atomic E-state index is -3.23. The zero-order valence-corrected chi connectivity index (χ0v) is 12.5. The molecule has 0 fully saturated rings. The summed E-state index contributed by atoms with van der Waals surface area (Å²) >= 11 is 0. The molecule has 1 aromatic rings. The Hall–Kier alpha value is -1.56. The van der Waals surface area contributed by atoms with E-state index in [1.165, 1.54) is 0 Å². The van der Waals surface area contributed by atoms with Crippen molar-refractivity contribution >= 4 is 21.4 Å². The van der Waals surface area contributed by atoms with E-state index in [0.717, 1.165) is 11.8 Å². The summed E-state index contributed by atoms with van der Waals surface area (Å²) in [5, 5.41) is 2.65. The third-order valence-corrected chi connectivity index (χ3v) is 5.33. The molecular weight excluding hydrogens is 264 g/mol. The van der Waals surface area contributed by atoms with E-state index in [0.29, 0.717) is 11.3 Å². The molecule has 3 N–H and O–H groups in total. The van der Waals surface area contributed by atoms with Crippen LogP contribution in [0.3, 0.4) is 0 Å². The van der Waals surface area contributed by atoms with Crippen molar-refractivity contribution in [2.45, 2.75) is 25.5 Å². The van der Waals surface area contributed by atoms with E-state index in [1.54, 1.807) is 39.0 Å². The number of aryl methyl sites for hydroxylation is 1. The Kier molecular flexibility index (Phi) is 4.25. The van der Waals surface area contributed by atoms with Gasteiger partial charge in [-0.05, 0) is 44.5 Å². The maximum atomic E-state index is 12.0. The summed E-state index contributed by atoms with van der Waals surface area (Å²) in [6.45, 7) is 5.01. The second-order valence-electron chi connectivity index (χ2n) is 5.29. The molecule has 0 heterocycles. The number of hydrogen-bond acceptors (Lipinski definition) is 4. The Morgan fingerprint density at radius 2 is 1.95 bits per heavy atom. The van der Waals surface area contributed by atoms with Gasteiger partial charge >= 0.3 is 0 Å². The number of rotatable bonds is 4. The first kappa shape index (κ1) is 15.5. The van der Waals surface area contributed by atoms with E-state index >= 15 is 0 Å². The molecule has 1 aromatic carbocycles. The van der Waals surface area contributed by atoms with Gasteiger partial charge in [-0.1, -0.05) is 0 Å². The molecule has 0 saturated heterocycles. The summed E-state index contributed by atoms with van der Waals surface area (Å²) in [7, 11) is -3.23. The van der Waals surface area contributed by atoms with Gasteiger partial charge in [-0.15, -0.1) is 0 Å². The Balaban J connectivity index is 2.82. The minimum Gasteiger partial charge on any atom is -0.399 e. The summed E-state index contributed by atoms with van der Waals surface area (Å²) in [5.41, 5.74) is 7.46. The number of nitrogens with one attached hydrogen (secondary N) is 1. The Morgan fingerprint density at radius 3 is 2.42 bits per heavy atom. The van der Waals surface area contributed by atoms with Crippen LogP contribution in [0.25, 0.3) is 0 Å². The molecule has 0 aliphatic carbocycles. The van der Waals surface area contributed by atoms with E-state index in [2.05, 4.69) is 5.32 Å². The second-order valence-corrected chi connectivity index (χ2v) is 7.94. The first-order valence-corrected chi connectivity index (χ1v) is 7.78. The first-order chi connectivity index (χ1) is 8.54. The summed E-state index contributed by atoms with van der Waals surface area (Å²) in [5.74, 6) is -0.297. The van der Waals surface area contributed by atoms with Crippen LogP contribution < -0.4 is 11.1 Å². The topological polar surface area (TPSA) is 89.3 Å². The molecule has 19 heavy (non-hydrogen) atoms. The average molecular weight is 284 g/mol. The van der Waals surface area contributed by atoms with Crippen molar-refractivity contribution in [1.82, 2.24) is 5.32 Å². The molecule has 0 aromatic heterocycles. The molecule has 0 atom stereocenters. The van der Waals surface area contributed by atoms with Gasteiger partial charge in [-0.2, -0.15) is 0 Å². The van der Waals surface area contributed by atoms with E-state index < -0.39 is 14.6 Å². The highest BCUT2D eigenvalue weighted by atomic mass is 32.2. The van der Waals surface area contributed by atoms with Crippen LogP contribution >= 0.6 is 0 Å². The molecule has 0 aliphatic heterocycles. The molecule has 6 heteroatoms. The lowest BCUT2D eigenvalue weighted by Gasteiger charge is -2.23. The predicted molar refractivity (Wildman–Crippen MR) is 76.8 cm³/mol. The van der Waals surface area contributed by atoms with Gasteiger partial charge in [0.2, 0.25) is 0 Å². The van der Waals surface area contributed by atoms with Gasteiger partial charge in [0.15, 0.2) is 9.84 Å². The molecule has 0 spiro atoms. The Morgan fingerprint density at radius 1 is 1.37 bits per heavy atom. The second kappa shape index (κ2) is 5.21. The van der Waals surface area contributed by atoms with Gasteiger partial charge in [-0.25, -0.2) is 8.42 Å². The number of amides is 1. The summed E-state index contributed by atoms with van der Waals surface area (Å²) < 4.78 is 22.1. The van der Waals surface area contributed by atoms with Crippen LogP contribution in [0.2, 0.25) is 0 Å². The monoisotopic (exact) mass is 284 g/mol. The van der Waals surface area contributed by atoms with Crippen LogP contribution in [0.4, 0.5) is 5.69 Å². The van der Waals surface area contributed by atoms with Crippen molar-refractivity contribution in [3.8, 4) is 0 Å². The van der Waals surface area contributed by atoms with E-state index in [1.807, 2.05) is 0 Å². The predicted octanol–water partition coefficient (Wildman–Crippen LogP) is 1.13. The molecule has 5 nitrogen and oxygen atoms in total. The Bertz CT molecular complexity index is 592. The minimum absolute atomic E-state index is 0.0640. The molecular formula is C13H20N2O3S. The lowest BCUT2D eigenvalue weighted by Crippen LogP contribution is -2.43. The molecule has 106 valence electrons. The fourth-order valence-electron chi connectivity index (χ4n) is 1.46. The van der Waals surface area contributed by atoms with Gasteiger partial charge in [0.05, 0.1) is 4.75 Å². The van der Waals surface area contributed by atoms with Crippen molar-refractivity contribution in [1.29, 1.82) is 0 Å². The van der Waals surface area contributed by atoms with E-state index in [-0.39, 0.29) is 12.5 Å². The number of nitrogen functional groups attached to an aromatic ring is 1. The van der Waals surface area contributed by atoms with Crippen LogP contribution in [0, 0.1) is 6.92 Å². The molecule has 0 radical (unpaired) electrons. The van der Waals surface area contributed by atoms with Crippen molar-refractivity contribution in [3.05, 3.63) is 29.3 Å². The summed E-state index contributed by atoms with van der Waals surface area (Å²) in [6, 6.07) is 4.98. The number of hydrogen-bond donors (Lipinski definition) is 2. The molecule has 1 amide bonds. The van der Waals surface area contributed by atoms with Crippen molar-refractivity contribution in [3.63, 3.8) is 0 Å². The molecule has 1 rings (SSSR count).